The molecule has 2 amide bonds. The van der Waals surface area contributed by atoms with Gasteiger partial charge >= 0.3 is 12.0 Å². The van der Waals surface area contributed by atoms with E-state index in [9.17, 15) is 14.7 Å². The van der Waals surface area contributed by atoms with Gasteiger partial charge < -0.3 is 20.6 Å². The van der Waals surface area contributed by atoms with Crippen LogP contribution in [0.5, 0.6) is 0 Å². The molecule has 0 fully saturated rings. The molecule has 1 aromatic carbocycles. The fraction of sp³-hybridized carbons (Fsp3) is 0.429. The summed E-state index contributed by atoms with van der Waals surface area (Å²) in [5.41, 5.74) is 0.553. The number of nitrogens with one attached hydrogen (secondary N) is 2. The van der Waals surface area contributed by atoms with Gasteiger partial charge in [0, 0.05) is 13.6 Å². The highest BCUT2D eigenvalue weighted by Crippen LogP contribution is 2.13. The third-order valence-electron chi connectivity index (χ3n) is 2.91. The lowest BCUT2D eigenvalue weighted by Crippen LogP contribution is -2.42. The Balaban J connectivity index is 2.62. The molecule has 0 bridgehead atoms. The topological polar surface area (TPSA) is 81.7 Å². The molecule has 0 saturated carbocycles. The predicted molar refractivity (Wildman–Crippen MR) is 76.5 cm³/mol. The van der Waals surface area contributed by atoms with Crippen molar-refractivity contribution in [2.45, 2.75) is 12.5 Å². The van der Waals surface area contributed by atoms with Crippen molar-refractivity contribution in [2.24, 2.45) is 0 Å². The van der Waals surface area contributed by atoms with Crippen molar-refractivity contribution in [1.82, 2.24) is 15.5 Å². The average Bonchev–Trinajstić information content (AvgIpc) is 2.45. The van der Waals surface area contributed by atoms with Crippen LogP contribution < -0.4 is 10.6 Å². The number of carboxylic acid groups (broad SMARTS) is 1. The molecule has 20 heavy (non-hydrogen) atoms. The Hall–Kier alpha value is -2.08. The van der Waals surface area contributed by atoms with E-state index in [4.69, 9.17) is 0 Å². The molecule has 6 nitrogen and oxygen atoms in total. The highest BCUT2D eigenvalue weighted by Gasteiger charge is 2.23. The first-order valence-corrected chi connectivity index (χ1v) is 6.50. The van der Waals surface area contributed by atoms with Crippen molar-refractivity contribution in [1.29, 1.82) is 0 Å². The Morgan fingerprint density at radius 3 is 2.50 bits per heavy atom. The van der Waals surface area contributed by atoms with E-state index in [1.54, 1.807) is 37.4 Å². The molecule has 0 aliphatic carbocycles. The predicted octanol–water partition coefficient (Wildman–Crippen LogP) is 1.06. The molecule has 3 N–H and O–H groups in total. The Morgan fingerprint density at radius 2 is 1.95 bits per heavy atom. The van der Waals surface area contributed by atoms with Gasteiger partial charge in [-0.1, -0.05) is 30.3 Å². The van der Waals surface area contributed by atoms with Crippen molar-refractivity contribution in [3.8, 4) is 0 Å². The number of hydrogen-bond donors (Lipinski definition) is 3. The number of amides is 2. The number of hydrogen-bond acceptors (Lipinski definition) is 3. The lowest BCUT2D eigenvalue weighted by atomic mass is 10.1. The summed E-state index contributed by atoms with van der Waals surface area (Å²) in [4.78, 5) is 24.7. The van der Waals surface area contributed by atoms with Crippen molar-refractivity contribution < 1.29 is 14.7 Å². The molecule has 1 rings (SSSR count). The molecular weight excluding hydrogens is 258 g/mol. The number of carbonyl (C=O) groups excluding carboxylic acids is 1. The molecule has 0 aliphatic rings. The number of aliphatic carboxylic acids is 1. The quantitative estimate of drug-likeness (QED) is 0.652. The largest absolute Gasteiger partial charge is 0.479 e. The molecule has 1 atom stereocenters. The van der Waals surface area contributed by atoms with E-state index in [1.165, 1.54) is 4.90 Å². The van der Waals surface area contributed by atoms with Gasteiger partial charge in [-0.3, -0.25) is 0 Å². The summed E-state index contributed by atoms with van der Waals surface area (Å²) in [6.07, 6.45) is 0.809. The Kier molecular flexibility index (Phi) is 6.52. The standard InChI is InChI=1S/C14H21N3O3/c1-15-9-6-10-17(2)14(20)16-12(13(18)19)11-7-4-3-5-8-11/h3-5,7-8,12,15H,6,9-10H2,1-2H3,(H,16,20)(H,18,19)/t12-/m1/s1. The van der Waals surface area contributed by atoms with E-state index in [-0.39, 0.29) is 0 Å². The third kappa shape index (κ3) is 4.89. The van der Waals surface area contributed by atoms with Crippen LogP contribution in [-0.4, -0.2) is 49.2 Å². The van der Waals surface area contributed by atoms with Crippen LogP contribution >= 0.6 is 0 Å². The fourth-order valence-corrected chi connectivity index (χ4v) is 1.76. The van der Waals surface area contributed by atoms with Crippen molar-refractivity contribution in [3.63, 3.8) is 0 Å². The van der Waals surface area contributed by atoms with E-state index in [1.807, 2.05) is 7.05 Å². The minimum absolute atomic E-state index is 0.391. The Bertz CT molecular complexity index is 437. The first kappa shape index (κ1) is 16.0. The van der Waals surface area contributed by atoms with Crippen LogP contribution in [0.1, 0.15) is 18.0 Å². The smallest absolute Gasteiger partial charge is 0.330 e. The molecule has 6 heteroatoms. The van der Waals surface area contributed by atoms with E-state index < -0.39 is 18.0 Å². The van der Waals surface area contributed by atoms with Gasteiger partial charge in [0.05, 0.1) is 0 Å². The van der Waals surface area contributed by atoms with Crippen LogP contribution in [0.15, 0.2) is 30.3 Å². The molecule has 0 heterocycles. The molecular formula is C14H21N3O3. The second kappa shape index (κ2) is 8.16. The van der Waals surface area contributed by atoms with E-state index >= 15 is 0 Å². The molecule has 0 aromatic heterocycles. The number of nitrogens with zero attached hydrogens (tertiary/aromatic N) is 1. The lowest BCUT2D eigenvalue weighted by molar-refractivity contribution is -0.139. The number of benzene rings is 1. The van der Waals surface area contributed by atoms with Crippen LogP contribution in [0.4, 0.5) is 4.79 Å². The van der Waals surface area contributed by atoms with Crippen molar-refractivity contribution >= 4 is 12.0 Å². The maximum Gasteiger partial charge on any atom is 0.330 e. The number of carbonyl (C=O) groups is 2. The Morgan fingerprint density at radius 1 is 1.30 bits per heavy atom. The van der Waals surface area contributed by atoms with Crippen molar-refractivity contribution in [3.05, 3.63) is 35.9 Å². The van der Waals surface area contributed by atoms with Gasteiger partial charge in [-0.25, -0.2) is 9.59 Å². The fourth-order valence-electron chi connectivity index (χ4n) is 1.76. The number of urea groups is 1. The molecule has 0 spiro atoms. The second-order valence-electron chi connectivity index (χ2n) is 4.51. The SMILES string of the molecule is CNCCCN(C)C(=O)N[C@@H](C(=O)O)c1ccccc1. The van der Waals surface area contributed by atoms with E-state index in [0.29, 0.717) is 12.1 Å². The lowest BCUT2D eigenvalue weighted by Gasteiger charge is -2.21. The second-order valence-corrected chi connectivity index (χ2v) is 4.51. The molecule has 0 unspecified atom stereocenters. The molecule has 0 saturated heterocycles. The minimum Gasteiger partial charge on any atom is -0.479 e. The van der Waals surface area contributed by atoms with Gasteiger partial charge in [-0.15, -0.1) is 0 Å². The van der Waals surface area contributed by atoms with Crippen LogP contribution in [0.25, 0.3) is 0 Å². The van der Waals surface area contributed by atoms with Gasteiger partial charge in [0.1, 0.15) is 0 Å². The normalized spacial score (nSPS) is 11.7. The third-order valence-corrected chi connectivity index (χ3v) is 2.91. The maximum atomic E-state index is 12.0. The van der Waals surface area contributed by atoms with Crippen LogP contribution in [0.2, 0.25) is 0 Å². The highest BCUT2D eigenvalue weighted by atomic mass is 16.4. The molecule has 1 aromatic rings. The van der Waals surface area contributed by atoms with Crippen molar-refractivity contribution in [2.75, 3.05) is 27.2 Å². The number of carboxylic acids is 1. The van der Waals surface area contributed by atoms with Crippen LogP contribution in [0.3, 0.4) is 0 Å². The van der Waals surface area contributed by atoms with Crippen LogP contribution in [0, 0.1) is 0 Å². The van der Waals surface area contributed by atoms with E-state index in [0.717, 1.165) is 13.0 Å². The molecule has 0 radical (unpaired) electrons. The first-order chi connectivity index (χ1) is 9.56. The van der Waals surface area contributed by atoms with Crippen LogP contribution in [-0.2, 0) is 4.79 Å². The van der Waals surface area contributed by atoms with E-state index in [2.05, 4.69) is 10.6 Å². The summed E-state index contributed by atoms with van der Waals surface area (Å²) in [6.45, 7) is 1.37. The summed E-state index contributed by atoms with van der Waals surface area (Å²) in [7, 11) is 3.49. The summed E-state index contributed by atoms with van der Waals surface area (Å²) in [6, 6.07) is 7.23. The first-order valence-electron chi connectivity index (χ1n) is 6.50. The summed E-state index contributed by atoms with van der Waals surface area (Å²) >= 11 is 0. The Labute approximate surface area is 118 Å². The van der Waals surface area contributed by atoms with Gasteiger partial charge in [0.25, 0.3) is 0 Å². The monoisotopic (exact) mass is 279 g/mol. The summed E-state index contributed by atoms with van der Waals surface area (Å²) in [5, 5.41) is 14.7. The minimum atomic E-state index is -1.08. The van der Waals surface area contributed by atoms with Gasteiger partial charge in [0.15, 0.2) is 6.04 Å². The number of rotatable bonds is 7. The highest BCUT2D eigenvalue weighted by molar-refractivity contribution is 5.83. The zero-order valence-electron chi connectivity index (χ0n) is 11.8. The maximum absolute atomic E-state index is 12.0. The van der Waals surface area contributed by atoms with Gasteiger partial charge in [0.2, 0.25) is 0 Å². The summed E-state index contributed by atoms with van der Waals surface area (Å²) < 4.78 is 0. The van der Waals surface area contributed by atoms with Gasteiger partial charge in [-0.05, 0) is 25.6 Å². The average molecular weight is 279 g/mol. The van der Waals surface area contributed by atoms with Gasteiger partial charge in [-0.2, -0.15) is 0 Å². The molecule has 110 valence electrons. The zero-order chi connectivity index (χ0) is 15.0. The zero-order valence-corrected chi connectivity index (χ0v) is 11.8. The summed E-state index contributed by atoms with van der Waals surface area (Å²) in [5.74, 6) is -1.08. The molecule has 0 aliphatic heterocycles.